The Morgan fingerprint density at radius 2 is 1.93 bits per heavy atom. The van der Waals surface area contributed by atoms with Crippen LogP contribution in [-0.2, 0) is 0 Å². The molecule has 0 fully saturated rings. The molecule has 0 aliphatic heterocycles. The van der Waals surface area contributed by atoms with E-state index in [0.717, 1.165) is 16.5 Å². The molecule has 3 heteroatoms. The average Bonchev–Trinajstić information content (AvgIpc) is 2.27. The zero-order chi connectivity index (χ0) is 9.97. The zero-order valence-electron chi connectivity index (χ0n) is 8.15. The van der Waals surface area contributed by atoms with Gasteiger partial charge in [0, 0.05) is 11.6 Å². The van der Waals surface area contributed by atoms with E-state index in [-0.39, 0.29) is 0 Å². The number of ether oxygens (including phenoxy) is 2. The second-order valence-electron chi connectivity index (χ2n) is 2.91. The lowest BCUT2D eigenvalue weighted by Gasteiger charge is -2.05. The number of hydrogen-bond donors (Lipinski definition) is 0. The van der Waals surface area contributed by atoms with Crippen LogP contribution in [0.25, 0.3) is 10.8 Å². The summed E-state index contributed by atoms with van der Waals surface area (Å²) in [5.74, 6) is 1.44. The molecule has 0 atom stereocenters. The zero-order valence-corrected chi connectivity index (χ0v) is 8.15. The molecule has 1 aromatic heterocycles. The Kier molecular flexibility index (Phi) is 2.23. The number of rotatable bonds is 2. The molecule has 0 spiro atoms. The van der Waals surface area contributed by atoms with Crippen LogP contribution >= 0.6 is 0 Å². The van der Waals surface area contributed by atoms with Gasteiger partial charge in [-0.05, 0) is 23.6 Å². The van der Waals surface area contributed by atoms with Gasteiger partial charge in [0.15, 0.2) is 0 Å². The molecule has 0 bridgehead atoms. The molecule has 0 saturated heterocycles. The van der Waals surface area contributed by atoms with Crippen LogP contribution in [0.1, 0.15) is 0 Å². The summed E-state index contributed by atoms with van der Waals surface area (Å²) in [5.41, 5.74) is 0. The third-order valence-corrected chi connectivity index (χ3v) is 2.13. The fraction of sp³-hybridized carbons (Fsp3) is 0.182. The second kappa shape index (κ2) is 3.54. The van der Waals surface area contributed by atoms with Crippen LogP contribution in [-0.4, -0.2) is 19.2 Å². The Balaban J connectivity index is 2.70. The summed E-state index contributed by atoms with van der Waals surface area (Å²) in [4.78, 5) is 4.12. The van der Waals surface area contributed by atoms with Gasteiger partial charge in [0.2, 0.25) is 5.88 Å². The first kappa shape index (κ1) is 8.81. The highest BCUT2D eigenvalue weighted by atomic mass is 16.5. The van der Waals surface area contributed by atoms with Gasteiger partial charge >= 0.3 is 0 Å². The molecule has 72 valence electrons. The minimum Gasteiger partial charge on any atom is -0.497 e. The van der Waals surface area contributed by atoms with Crippen molar-refractivity contribution in [1.82, 2.24) is 4.98 Å². The van der Waals surface area contributed by atoms with Crippen molar-refractivity contribution in [3.05, 3.63) is 30.5 Å². The molecule has 0 aliphatic carbocycles. The van der Waals surface area contributed by atoms with Crippen molar-refractivity contribution in [2.24, 2.45) is 0 Å². The Morgan fingerprint density at radius 1 is 1.07 bits per heavy atom. The molecule has 0 aliphatic rings. The van der Waals surface area contributed by atoms with E-state index >= 15 is 0 Å². The van der Waals surface area contributed by atoms with Gasteiger partial charge < -0.3 is 9.47 Å². The van der Waals surface area contributed by atoms with Crippen molar-refractivity contribution < 1.29 is 9.47 Å². The van der Waals surface area contributed by atoms with E-state index < -0.39 is 0 Å². The Bertz CT molecular complexity index is 454. The second-order valence-corrected chi connectivity index (χ2v) is 2.91. The summed E-state index contributed by atoms with van der Waals surface area (Å²) < 4.78 is 10.3. The monoisotopic (exact) mass is 189 g/mol. The first-order valence-electron chi connectivity index (χ1n) is 4.32. The molecule has 14 heavy (non-hydrogen) atoms. The highest BCUT2D eigenvalue weighted by Gasteiger charge is 2.02. The standard InChI is InChI=1S/C11H11NO2/c1-13-9-4-3-8-5-6-12-11(14-2)10(8)7-9/h3-7H,1-2H3. The van der Waals surface area contributed by atoms with Gasteiger partial charge in [0.1, 0.15) is 5.75 Å². The Morgan fingerprint density at radius 3 is 2.64 bits per heavy atom. The van der Waals surface area contributed by atoms with Crippen LogP contribution < -0.4 is 9.47 Å². The predicted molar refractivity (Wildman–Crippen MR) is 54.8 cm³/mol. The van der Waals surface area contributed by atoms with Crippen LogP contribution in [0, 0.1) is 0 Å². The van der Waals surface area contributed by atoms with Gasteiger partial charge in [-0.25, -0.2) is 4.98 Å². The highest BCUT2D eigenvalue weighted by Crippen LogP contribution is 2.26. The predicted octanol–water partition coefficient (Wildman–Crippen LogP) is 2.25. The van der Waals surface area contributed by atoms with Crippen molar-refractivity contribution in [3.8, 4) is 11.6 Å². The molecule has 1 aromatic carbocycles. The number of nitrogens with zero attached hydrogens (tertiary/aromatic N) is 1. The molecule has 0 unspecified atom stereocenters. The summed E-state index contributed by atoms with van der Waals surface area (Å²) >= 11 is 0. The minimum absolute atomic E-state index is 0.626. The lowest BCUT2D eigenvalue weighted by Crippen LogP contribution is -1.89. The third kappa shape index (κ3) is 1.37. The summed E-state index contributed by atoms with van der Waals surface area (Å²) in [6.45, 7) is 0. The topological polar surface area (TPSA) is 31.4 Å². The molecule has 2 aromatic rings. The van der Waals surface area contributed by atoms with Gasteiger partial charge in [-0.1, -0.05) is 6.07 Å². The Labute approximate surface area is 82.3 Å². The van der Waals surface area contributed by atoms with Crippen molar-refractivity contribution in [2.75, 3.05) is 14.2 Å². The summed E-state index contributed by atoms with van der Waals surface area (Å²) in [6.07, 6.45) is 1.73. The maximum absolute atomic E-state index is 5.16. The lowest BCUT2D eigenvalue weighted by atomic mass is 10.1. The molecule has 0 radical (unpaired) electrons. The van der Waals surface area contributed by atoms with Gasteiger partial charge in [-0.2, -0.15) is 0 Å². The number of methoxy groups -OCH3 is 2. The number of aromatic nitrogens is 1. The van der Waals surface area contributed by atoms with E-state index in [1.54, 1.807) is 20.4 Å². The molecule has 2 rings (SSSR count). The Hall–Kier alpha value is -1.77. The smallest absolute Gasteiger partial charge is 0.221 e. The molecule has 0 amide bonds. The van der Waals surface area contributed by atoms with E-state index in [2.05, 4.69) is 4.98 Å². The first-order valence-corrected chi connectivity index (χ1v) is 4.32. The van der Waals surface area contributed by atoms with Crippen molar-refractivity contribution in [2.45, 2.75) is 0 Å². The average molecular weight is 189 g/mol. The number of pyridine rings is 1. The molecule has 1 heterocycles. The van der Waals surface area contributed by atoms with E-state index in [1.165, 1.54) is 0 Å². The van der Waals surface area contributed by atoms with Crippen molar-refractivity contribution in [3.63, 3.8) is 0 Å². The van der Waals surface area contributed by atoms with Crippen molar-refractivity contribution in [1.29, 1.82) is 0 Å². The van der Waals surface area contributed by atoms with E-state index in [0.29, 0.717) is 5.88 Å². The number of benzene rings is 1. The van der Waals surface area contributed by atoms with Gasteiger partial charge in [0.05, 0.1) is 14.2 Å². The SMILES string of the molecule is COc1ccc2ccnc(OC)c2c1. The summed E-state index contributed by atoms with van der Waals surface area (Å²) in [6, 6.07) is 7.76. The lowest BCUT2D eigenvalue weighted by molar-refractivity contribution is 0.401. The molecule has 3 nitrogen and oxygen atoms in total. The molecular weight excluding hydrogens is 178 g/mol. The molecule has 0 N–H and O–H groups in total. The normalized spacial score (nSPS) is 10.1. The van der Waals surface area contributed by atoms with Crippen molar-refractivity contribution >= 4 is 10.8 Å². The van der Waals surface area contributed by atoms with Crippen LogP contribution in [0.3, 0.4) is 0 Å². The van der Waals surface area contributed by atoms with Gasteiger partial charge in [-0.15, -0.1) is 0 Å². The maximum Gasteiger partial charge on any atom is 0.221 e. The van der Waals surface area contributed by atoms with E-state index in [1.807, 2.05) is 24.3 Å². The van der Waals surface area contributed by atoms with Gasteiger partial charge in [-0.3, -0.25) is 0 Å². The number of hydrogen-bond acceptors (Lipinski definition) is 3. The van der Waals surface area contributed by atoms with Crippen LogP contribution in [0.15, 0.2) is 30.5 Å². The van der Waals surface area contributed by atoms with Crippen LogP contribution in [0.2, 0.25) is 0 Å². The highest BCUT2D eigenvalue weighted by molar-refractivity contribution is 5.87. The summed E-state index contributed by atoms with van der Waals surface area (Å²) in [7, 11) is 3.26. The van der Waals surface area contributed by atoms with E-state index in [4.69, 9.17) is 9.47 Å². The molecular formula is C11H11NO2. The fourth-order valence-corrected chi connectivity index (χ4v) is 1.41. The minimum atomic E-state index is 0.626. The maximum atomic E-state index is 5.16. The first-order chi connectivity index (χ1) is 6.85. The van der Waals surface area contributed by atoms with E-state index in [9.17, 15) is 0 Å². The molecule has 0 saturated carbocycles. The largest absolute Gasteiger partial charge is 0.497 e. The fourth-order valence-electron chi connectivity index (χ4n) is 1.41. The summed E-state index contributed by atoms with van der Waals surface area (Å²) in [5, 5.41) is 2.06. The number of fused-ring (bicyclic) bond motifs is 1. The van der Waals surface area contributed by atoms with Crippen LogP contribution in [0.5, 0.6) is 11.6 Å². The van der Waals surface area contributed by atoms with Crippen LogP contribution in [0.4, 0.5) is 0 Å². The third-order valence-electron chi connectivity index (χ3n) is 2.13. The quantitative estimate of drug-likeness (QED) is 0.726. The van der Waals surface area contributed by atoms with Gasteiger partial charge in [0.25, 0.3) is 0 Å².